The highest BCUT2D eigenvalue weighted by atomic mass is 16.5. The van der Waals surface area contributed by atoms with E-state index in [1.165, 1.54) is 205 Å². The Hall–Kier alpha value is -1.40. The SMILES string of the molecule is CCCCCCCCC/C=C/CCCCCCCC(=O)OC(CCCCCCCCCCCCCC)CC(=O)NC(CO)C(O)CCCCCCCCCCCCCCCC. The van der Waals surface area contributed by atoms with Crippen LogP contribution in [0.5, 0.6) is 0 Å². The number of aliphatic hydroxyl groups excluding tert-OH is 2. The molecule has 6 heteroatoms. The number of hydrogen-bond acceptors (Lipinski definition) is 5. The van der Waals surface area contributed by atoms with Crippen molar-refractivity contribution in [2.45, 2.75) is 322 Å². The number of ether oxygens (including phenoxy) is 1. The first-order chi connectivity index (χ1) is 30.0. The van der Waals surface area contributed by atoms with E-state index in [1.54, 1.807) is 0 Å². The zero-order chi connectivity index (χ0) is 44.5. The number of allylic oxidation sites excluding steroid dienone is 2. The van der Waals surface area contributed by atoms with E-state index in [0.717, 1.165) is 51.4 Å². The average Bonchev–Trinajstić information content (AvgIpc) is 3.25. The number of rotatable bonds is 50. The number of carbonyl (C=O) groups is 2. The van der Waals surface area contributed by atoms with Crippen molar-refractivity contribution >= 4 is 11.9 Å². The van der Waals surface area contributed by atoms with Crippen molar-refractivity contribution in [1.29, 1.82) is 0 Å². The quantitative estimate of drug-likeness (QED) is 0.0322. The zero-order valence-corrected chi connectivity index (χ0v) is 41.3. The second kappa shape index (κ2) is 49.6. The van der Waals surface area contributed by atoms with Gasteiger partial charge in [0.15, 0.2) is 0 Å². The van der Waals surface area contributed by atoms with Crippen molar-refractivity contribution in [1.82, 2.24) is 5.32 Å². The number of amides is 1. The Kier molecular flexibility index (Phi) is 48.5. The van der Waals surface area contributed by atoms with Crippen molar-refractivity contribution in [3.05, 3.63) is 12.2 Å². The summed E-state index contributed by atoms with van der Waals surface area (Å²) in [6, 6.07) is -0.696. The van der Waals surface area contributed by atoms with Gasteiger partial charge in [0.25, 0.3) is 0 Å². The molecule has 3 N–H and O–H groups in total. The Balaban J connectivity index is 4.50. The molecule has 61 heavy (non-hydrogen) atoms. The van der Waals surface area contributed by atoms with Gasteiger partial charge in [0.1, 0.15) is 6.10 Å². The predicted octanol–water partition coefficient (Wildman–Crippen LogP) is 16.5. The predicted molar refractivity (Wildman–Crippen MR) is 264 cm³/mol. The van der Waals surface area contributed by atoms with Gasteiger partial charge in [-0.25, -0.2) is 0 Å². The van der Waals surface area contributed by atoms with E-state index in [1.807, 2.05) is 0 Å². The largest absolute Gasteiger partial charge is 0.462 e. The first-order valence-corrected chi connectivity index (χ1v) is 27.4. The average molecular weight is 862 g/mol. The highest BCUT2D eigenvalue weighted by molar-refractivity contribution is 5.77. The summed E-state index contributed by atoms with van der Waals surface area (Å²) in [6.45, 7) is 6.51. The Morgan fingerprint density at radius 1 is 0.459 bits per heavy atom. The molecule has 0 aromatic rings. The molecule has 0 spiro atoms. The van der Waals surface area contributed by atoms with Crippen molar-refractivity contribution in [3.63, 3.8) is 0 Å². The van der Waals surface area contributed by atoms with Gasteiger partial charge < -0.3 is 20.3 Å². The number of nitrogens with one attached hydrogen (secondary N) is 1. The third kappa shape index (κ3) is 45.0. The molecule has 0 bridgehead atoms. The molecule has 0 aromatic heterocycles. The molecule has 1 amide bonds. The first kappa shape index (κ1) is 59.6. The lowest BCUT2D eigenvalue weighted by Crippen LogP contribution is -2.46. The van der Waals surface area contributed by atoms with Crippen LogP contribution in [-0.2, 0) is 14.3 Å². The van der Waals surface area contributed by atoms with Crippen LogP contribution in [-0.4, -0.2) is 46.9 Å². The van der Waals surface area contributed by atoms with Crippen LogP contribution in [0.3, 0.4) is 0 Å². The number of unbranched alkanes of at least 4 members (excludes halogenated alkanes) is 36. The Labute approximate surface area is 380 Å². The highest BCUT2D eigenvalue weighted by Gasteiger charge is 2.24. The van der Waals surface area contributed by atoms with Crippen molar-refractivity contribution in [2.75, 3.05) is 6.61 Å². The van der Waals surface area contributed by atoms with Crippen LogP contribution in [0.2, 0.25) is 0 Å². The van der Waals surface area contributed by atoms with E-state index in [0.29, 0.717) is 19.3 Å². The van der Waals surface area contributed by atoms with Gasteiger partial charge >= 0.3 is 5.97 Å². The van der Waals surface area contributed by atoms with Gasteiger partial charge in [-0.2, -0.15) is 0 Å². The molecule has 0 heterocycles. The summed E-state index contributed by atoms with van der Waals surface area (Å²) >= 11 is 0. The van der Waals surface area contributed by atoms with Gasteiger partial charge in [-0.1, -0.05) is 251 Å². The van der Waals surface area contributed by atoms with E-state index < -0.39 is 18.2 Å². The van der Waals surface area contributed by atoms with Gasteiger partial charge in [-0.05, 0) is 51.4 Å². The molecule has 0 aliphatic carbocycles. The minimum Gasteiger partial charge on any atom is -0.462 e. The molecule has 0 aliphatic rings. The Bertz CT molecular complexity index is 924. The molecule has 0 aromatic carbocycles. The lowest BCUT2D eigenvalue weighted by atomic mass is 10.0. The summed E-state index contributed by atoms with van der Waals surface area (Å²) in [6.07, 6.45) is 55.6. The topological polar surface area (TPSA) is 95.9 Å². The third-order valence-corrected chi connectivity index (χ3v) is 12.8. The summed E-state index contributed by atoms with van der Waals surface area (Å²) in [5.41, 5.74) is 0. The van der Waals surface area contributed by atoms with Crippen LogP contribution < -0.4 is 5.32 Å². The minimum absolute atomic E-state index is 0.0817. The van der Waals surface area contributed by atoms with E-state index in [2.05, 4.69) is 38.2 Å². The molecule has 0 fully saturated rings. The van der Waals surface area contributed by atoms with Crippen LogP contribution in [0.15, 0.2) is 12.2 Å². The molecule has 0 radical (unpaired) electrons. The monoisotopic (exact) mass is 862 g/mol. The molecule has 0 saturated heterocycles. The fourth-order valence-electron chi connectivity index (χ4n) is 8.66. The molecule has 6 nitrogen and oxygen atoms in total. The van der Waals surface area contributed by atoms with Crippen LogP contribution in [0.4, 0.5) is 0 Å². The summed E-state index contributed by atoms with van der Waals surface area (Å²) < 4.78 is 5.94. The van der Waals surface area contributed by atoms with E-state index in [-0.39, 0.29) is 24.9 Å². The third-order valence-electron chi connectivity index (χ3n) is 12.8. The Morgan fingerprint density at radius 2 is 0.787 bits per heavy atom. The number of carbonyl (C=O) groups excluding carboxylic acids is 2. The smallest absolute Gasteiger partial charge is 0.306 e. The van der Waals surface area contributed by atoms with E-state index in [9.17, 15) is 19.8 Å². The second-order valence-corrected chi connectivity index (χ2v) is 19.0. The molecular formula is C55H107NO5. The van der Waals surface area contributed by atoms with E-state index >= 15 is 0 Å². The second-order valence-electron chi connectivity index (χ2n) is 19.0. The summed E-state index contributed by atoms with van der Waals surface area (Å²) in [4.78, 5) is 26.2. The molecule has 0 aliphatic heterocycles. The molecule has 3 unspecified atom stereocenters. The zero-order valence-electron chi connectivity index (χ0n) is 41.3. The highest BCUT2D eigenvalue weighted by Crippen LogP contribution is 2.19. The van der Waals surface area contributed by atoms with Crippen molar-refractivity contribution in [2.24, 2.45) is 0 Å². The maximum atomic E-state index is 13.2. The lowest BCUT2D eigenvalue weighted by Gasteiger charge is -2.24. The van der Waals surface area contributed by atoms with Crippen LogP contribution >= 0.6 is 0 Å². The normalized spacial score (nSPS) is 13.2. The molecule has 0 saturated carbocycles. The van der Waals surface area contributed by atoms with Gasteiger partial charge in [0.05, 0.1) is 25.2 Å². The van der Waals surface area contributed by atoms with Gasteiger partial charge in [-0.15, -0.1) is 0 Å². The van der Waals surface area contributed by atoms with Crippen molar-refractivity contribution < 1.29 is 24.5 Å². The number of aliphatic hydroxyl groups is 2. The van der Waals surface area contributed by atoms with Gasteiger partial charge in [0.2, 0.25) is 5.91 Å². The molecule has 0 rings (SSSR count). The standard InChI is InChI=1S/C55H107NO5/c1-4-7-10-13-16-19-22-25-27-28-30-33-36-39-42-45-48-55(60)61-51(46-43-40-37-34-31-24-21-18-15-12-9-6-3)49-54(59)56-52(50-57)53(58)47-44-41-38-35-32-29-26-23-20-17-14-11-8-5-2/h27-28,51-53,57-58H,4-26,29-50H2,1-3H3,(H,56,59)/b28-27+. The number of hydrogen-bond donors (Lipinski definition) is 3. The summed E-state index contributed by atoms with van der Waals surface area (Å²) in [5, 5.41) is 23.8. The molecular weight excluding hydrogens is 755 g/mol. The van der Waals surface area contributed by atoms with Gasteiger partial charge in [-0.3, -0.25) is 9.59 Å². The summed E-state index contributed by atoms with van der Waals surface area (Å²) in [7, 11) is 0. The maximum Gasteiger partial charge on any atom is 0.306 e. The fourth-order valence-corrected chi connectivity index (χ4v) is 8.66. The van der Waals surface area contributed by atoms with Crippen LogP contribution in [0.1, 0.15) is 303 Å². The van der Waals surface area contributed by atoms with Crippen molar-refractivity contribution in [3.8, 4) is 0 Å². The lowest BCUT2D eigenvalue weighted by molar-refractivity contribution is -0.151. The summed E-state index contributed by atoms with van der Waals surface area (Å²) in [5.74, 6) is -0.464. The van der Waals surface area contributed by atoms with E-state index in [4.69, 9.17) is 4.74 Å². The number of esters is 1. The maximum absolute atomic E-state index is 13.2. The van der Waals surface area contributed by atoms with Gasteiger partial charge in [0, 0.05) is 6.42 Å². The first-order valence-electron chi connectivity index (χ1n) is 27.4. The molecule has 362 valence electrons. The molecule has 3 atom stereocenters. The van der Waals surface area contributed by atoms with Crippen LogP contribution in [0, 0.1) is 0 Å². The fraction of sp³-hybridized carbons (Fsp3) is 0.927. The van der Waals surface area contributed by atoms with Crippen LogP contribution in [0.25, 0.3) is 0 Å². The minimum atomic E-state index is -0.783. The Morgan fingerprint density at radius 3 is 1.16 bits per heavy atom.